The van der Waals surface area contributed by atoms with Crippen molar-refractivity contribution < 1.29 is 14.4 Å². The fourth-order valence-corrected chi connectivity index (χ4v) is 1.03. The molecule has 0 aliphatic heterocycles. The van der Waals surface area contributed by atoms with Gasteiger partial charge in [0.1, 0.15) is 5.75 Å². The summed E-state index contributed by atoms with van der Waals surface area (Å²) >= 11 is 0. The van der Waals surface area contributed by atoms with E-state index in [2.05, 4.69) is 9.99 Å². The van der Waals surface area contributed by atoms with E-state index in [0.29, 0.717) is 5.71 Å². The monoisotopic (exact) mass is 207 g/mol. The molecule has 1 aromatic rings. The van der Waals surface area contributed by atoms with Gasteiger partial charge in [0.25, 0.3) is 0 Å². The molecule has 0 bridgehead atoms. The van der Waals surface area contributed by atoms with Gasteiger partial charge in [0.15, 0.2) is 0 Å². The number of ether oxygens (including phenoxy) is 1. The van der Waals surface area contributed by atoms with E-state index in [1.807, 2.05) is 24.3 Å². The van der Waals surface area contributed by atoms with Crippen molar-refractivity contribution in [2.75, 3.05) is 7.11 Å². The Kier molecular flexibility index (Phi) is 3.85. The molecule has 15 heavy (non-hydrogen) atoms. The second-order valence-corrected chi connectivity index (χ2v) is 2.99. The molecule has 80 valence electrons. The first-order valence-corrected chi connectivity index (χ1v) is 4.50. The van der Waals surface area contributed by atoms with E-state index in [-0.39, 0.29) is 0 Å². The zero-order valence-corrected chi connectivity index (χ0v) is 8.98. The lowest BCUT2D eigenvalue weighted by Crippen LogP contribution is -1.99. The first-order valence-electron chi connectivity index (χ1n) is 4.50. The highest BCUT2D eigenvalue weighted by atomic mass is 16.7. The van der Waals surface area contributed by atoms with E-state index in [9.17, 15) is 4.79 Å². The Morgan fingerprint density at radius 1 is 1.33 bits per heavy atom. The average Bonchev–Trinajstić information content (AvgIpc) is 2.26. The maximum Gasteiger partial charge on any atom is 0.331 e. The van der Waals surface area contributed by atoms with Crippen LogP contribution in [0.1, 0.15) is 19.4 Å². The molecule has 1 rings (SSSR count). The van der Waals surface area contributed by atoms with Gasteiger partial charge in [-0.2, -0.15) is 0 Å². The molecule has 0 fully saturated rings. The van der Waals surface area contributed by atoms with Gasteiger partial charge in [-0.05, 0) is 19.1 Å². The van der Waals surface area contributed by atoms with Gasteiger partial charge in [0.2, 0.25) is 0 Å². The van der Waals surface area contributed by atoms with Crippen LogP contribution in [-0.4, -0.2) is 18.8 Å². The third kappa shape index (κ3) is 3.42. The van der Waals surface area contributed by atoms with E-state index in [4.69, 9.17) is 4.74 Å². The molecule has 0 N–H and O–H groups in total. The second-order valence-electron chi connectivity index (χ2n) is 2.99. The minimum Gasteiger partial charge on any atom is -0.497 e. The number of methoxy groups -OCH3 is 1. The van der Waals surface area contributed by atoms with Gasteiger partial charge in [-0.15, -0.1) is 0 Å². The molecule has 0 saturated carbocycles. The first kappa shape index (κ1) is 11.2. The third-order valence-electron chi connectivity index (χ3n) is 1.80. The molecule has 0 aliphatic carbocycles. The van der Waals surface area contributed by atoms with Crippen LogP contribution in [0.15, 0.2) is 29.4 Å². The minimum absolute atomic E-state index is 0.433. The van der Waals surface area contributed by atoms with Crippen LogP contribution in [0, 0.1) is 0 Å². The molecule has 0 unspecified atom stereocenters. The van der Waals surface area contributed by atoms with E-state index in [1.165, 1.54) is 6.92 Å². The Balaban J connectivity index is 2.85. The highest BCUT2D eigenvalue weighted by molar-refractivity contribution is 5.98. The minimum atomic E-state index is -0.433. The van der Waals surface area contributed by atoms with Gasteiger partial charge in [0, 0.05) is 12.5 Å². The van der Waals surface area contributed by atoms with Crippen LogP contribution in [-0.2, 0) is 9.63 Å². The van der Waals surface area contributed by atoms with Gasteiger partial charge in [-0.1, -0.05) is 17.3 Å². The summed E-state index contributed by atoms with van der Waals surface area (Å²) in [5.41, 5.74) is 1.49. The molecule has 0 saturated heterocycles. The summed E-state index contributed by atoms with van der Waals surface area (Å²) in [4.78, 5) is 15.1. The van der Waals surface area contributed by atoms with Crippen LogP contribution in [0.3, 0.4) is 0 Å². The van der Waals surface area contributed by atoms with Gasteiger partial charge < -0.3 is 9.57 Å². The predicted molar refractivity (Wildman–Crippen MR) is 57.0 cm³/mol. The largest absolute Gasteiger partial charge is 0.497 e. The van der Waals surface area contributed by atoms with Crippen molar-refractivity contribution in [2.24, 2.45) is 5.16 Å². The number of nitrogens with zero attached hydrogens (tertiary/aromatic N) is 1. The Morgan fingerprint density at radius 2 is 2.07 bits per heavy atom. The number of hydrogen-bond acceptors (Lipinski definition) is 4. The van der Waals surface area contributed by atoms with Gasteiger partial charge in [-0.25, -0.2) is 4.79 Å². The van der Waals surface area contributed by atoms with Crippen LogP contribution < -0.4 is 4.74 Å². The number of carbonyl (C=O) groups excluding carboxylic acids is 1. The summed E-state index contributed by atoms with van der Waals surface area (Å²) < 4.78 is 5.07. The number of oxime groups is 1. The molecule has 0 spiro atoms. The molecule has 0 heterocycles. The fourth-order valence-electron chi connectivity index (χ4n) is 1.03. The van der Waals surface area contributed by atoms with Gasteiger partial charge >= 0.3 is 5.97 Å². The van der Waals surface area contributed by atoms with E-state index >= 15 is 0 Å². The van der Waals surface area contributed by atoms with Crippen LogP contribution in [0.2, 0.25) is 0 Å². The normalized spacial score (nSPS) is 11.0. The number of hydrogen-bond donors (Lipinski definition) is 0. The first-order chi connectivity index (χ1) is 7.13. The molecule has 0 amide bonds. The number of carbonyl (C=O) groups is 1. The van der Waals surface area contributed by atoms with Crippen molar-refractivity contribution in [2.45, 2.75) is 13.8 Å². The van der Waals surface area contributed by atoms with Gasteiger partial charge in [0.05, 0.1) is 12.8 Å². The average molecular weight is 207 g/mol. The zero-order chi connectivity index (χ0) is 11.3. The molecule has 0 atom stereocenters. The zero-order valence-electron chi connectivity index (χ0n) is 8.98. The van der Waals surface area contributed by atoms with Crippen LogP contribution >= 0.6 is 0 Å². The highest BCUT2D eigenvalue weighted by Crippen LogP contribution is 2.13. The number of rotatable bonds is 3. The van der Waals surface area contributed by atoms with Crippen LogP contribution in [0.5, 0.6) is 5.75 Å². The lowest BCUT2D eigenvalue weighted by Gasteiger charge is -2.03. The summed E-state index contributed by atoms with van der Waals surface area (Å²) in [6, 6.07) is 7.37. The van der Waals surface area contributed by atoms with Crippen molar-refractivity contribution in [1.29, 1.82) is 0 Å². The Hall–Kier alpha value is -1.84. The second kappa shape index (κ2) is 5.14. The Morgan fingerprint density at radius 3 is 2.67 bits per heavy atom. The fraction of sp³-hybridized carbons (Fsp3) is 0.273. The third-order valence-corrected chi connectivity index (χ3v) is 1.80. The van der Waals surface area contributed by atoms with Crippen LogP contribution in [0.4, 0.5) is 0 Å². The number of benzene rings is 1. The van der Waals surface area contributed by atoms with E-state index < -0.39 is 5.97 Å². The molecule has 0 radical (unpaired) electrons. The smallest absolute Gasteiger partial charge is 0.331 e. The van der Waals surface area contributed by atoms with Crippen molar-refractivity contribution >= 4 is 11.7 Å². The summed E-state index contributed by atoms with van der Waals surface area (Å²) in [6.07, 6.45) is 0. The SMILES string of the molecule is COc1cccc(/C(C)=N\OC(C)=O)c1. The lowest BCUT2D eigenvalue weighted by molar-refractivity contribution is -0.140. The quantitative estimate of drug-likeness (QED) is 0.432. The maximum absolute atomic E-state index is 10.5. The molecule has 0 aliphatic rings. The van der Waals surface area contributed by atoms with Gasteiger partial charge in [-0.3, -0.25) is 0 Å². The highest BCUT2D eigenvalue weighted by Gasteiger charge is 2.00. The van der Waals surface area contributed by atoms with Crippen molar-refractivity contribution in [3.8, 4) is 5.75 Å². The predicted octanol–water partition coefficient (Wildman–Crippen LogP) is 1.98. The van der Waals surface area contributed by atoms with E-state index in [1.54, 1.807) is 14.0 Å². The molecular formula is C11H13NO3. The molecule has 4 heteroatoms. The summed E-state index contributed by atoms with van der Waals surface area (Å²) in [7, 11) is 1.59. The lowest BCUT2D eigenvalue weighted by atomic mass is 10.1. The van der Waals surface area contributed by atoms with Crippen molar-refractivity contribution in [3.05, 3.63) is 29.8 Å². The summed E-state index contributed by atoms with van der Waals surface area (Å²) in [5.74, 6) is 0.308. The molecule has 0 aromatic heterocycles. The topological polar surface area (TPSA) is 47.9 Å². The van der Waals surface area contributed by atoms with E-state index in [0.717, 1.165) is 11.3 Å². The maximum atomic E-state index is 10.5. The van der Waals surface area contributed by atoms with Crippen molar-refractivity contribution in [3.63, 3.8) is 0 Å². The van der Waals surface area contributed by atoms with Crippen molar-refractivity contribution in [1.82, 2.24) is 0 Å². The summed E-state index contributed by atoms with van der Waals surface area (Å²) in [5, 5.41) is 3.68. The molecule has 1 aromatic carbocycles. The summed E-state index contributed by atoms with van der Waals surface area (Å²) in [6.45, 7) is 3.07. The Labute approximate surface area is 88.5 Å². The van der Waals surface area contributed by atoms with Crippen LogP contribution in [0.25, 0.3) is 0 Å². The molecule has 4 nitrogen and oxygen atoms in total. The Bertz CT molecular complexity index is 385. The molecular weight excluding hydrogens is 194 g/mol. The standard InChI is InChI=1S/C11H13NO3/c1-8(12-15-9(2)13)10-5-4-6-11(7-10)14-3/h4-7H,1-3H3/b12-8-.